The van der Waals surface area contributed by atoms with Gasteiger partial charge in [0.15, 0.2) is 0 Å². The summed E-state index contributed by atoms with van der Waals surface area (Å²) < 4.78 is 5.38. The Hall–Kier alpha value is -0.330. The van der Waals surface area contributed by atoms with E-state index >= 15 is 0 Å². The number of aromatic nitrogens is 2. The monoisotopic (exact) mass is 310 g/mol. The van der Waals surface area contributed by atoms with Crippen LogP contribution in [0.5, 0.6) is 0 Å². The second kappa shape index (κ2) is 6.30. The molecular weight excluding hydrogens is 304 g/mol. The van der Waals surface area contributed by atoms with E-state index in [1.807, 2.05) is 0 Å². The molecule has 1 heterocycles. The molecule has 0 amide bonds. The summed E-state index contributed by atoms with van der Waals surface area (Å²) in [4.78, 5) is 18.8. The molecule has 0 spiro atoms. The van der Waals surface area contributed by atoms with Crippen LogP contribution < -0.4 is 0 Å². The molecule has 0 fully saturated rings. The van der Waals surface area contributed by atoms with Gasteiger partial charge in [0.2, 0.25) is 0 Å². The molecule has 0 aromatic carbocycles. The number of nitrogens with zero attached hydrogens (tertiary/aromatic N) is 2. The van der Waals surface area contributed by atoms with Gasteiger partial charge in [-0.05, 0) is 22.9 Å². The lowest BCUT2D eigenvalue weighted by molar-refractivity contribution is -0.139. The number of esters is 1. The van der Waals surface area contributed by atoms with Crippen LogP contribution in [0, 0.1) is 0 Å². The van der Waals surface area contributed by atoms with Crippen LogP contribution >= 0.6 is 39.3 Å². The molecule has 0 aliphatic heterocycles. The molecular formula is C8H8BrClN2O2S. The summed E-state index contributed by atoms with van der Waals surface area (Å²) in [5.74, 6) is -0.0658. The highest BCUT2D eigenvalue weighted by atomic mass is 79.9. The number of hydrogen-bond acceptors (Lipinski definition) is 5. The first-order valence-electron chi connectivity index (χ1n) is 4.09. The van der Waals surface area contributed by atoms with Crippen molar-refractivity contribution in [1.82, 2.24) is 9.97 Å². The van der Waals surface area contributed by atoms with E-state index in [4.69, 9.17) is 16.3 Å². The van der Waals surface area contributed by atoms with Crippen LogP contribution in [0.3, 0.4) is 0 Å². The number of rotatable bonds is 4. The van der Waals surface area contributed by atoms with E-state index in [-0.39, 0.29) is 11.7 Å². The maximum Gasteiger partial charge on any atom is 0.316 e. The first kappa shape index (κ1) is 12.7. The van der Waals surface area contributed by atoms with Gasteiger partial charge in [-0.25, -0.2) is 9.97 Å². The standard InChI is InChI=1S/C8H8BrClN2O2S/c1-2-14-5(13)3-15-8-6(9)7(10)11-4-12-8/h4H,2-3H2,1H3. The predicted octanol–water partition coefficient (Wildman–Crippen LogP) is 2.55. The van der Waals surface area contributed by atoms with E-state index in [0.29, 0.717) is 21.3 Å². The number of halogens is 2. The van der Waals surface area contributed by atoms with E-state index in [2.05, 4.69) is 25.9 Å². The fourth-order valence-electron chi connectivity index (χ4n) is 0.764. The maximum atomic E-state index is 11.1. The molecule has 1 aromatic heterocycles. The molecule has 0 saturated heterocycles. The molecule has 0 radical (unpaired) electrons. The first-order valence-corrected chi connectivity index (χ1v) is 6.25. The van der Waals surface area contributed by atoms with Crippen molar-refractivity contribution in [3.63, 3.8) is 0 Å². The van der Waals surface area contributed by atoms with Crippen LogP contribution in [0.25, 0.3) is 0 Å². The summed E-state index contributed by atoms with van der Waals surface area (Å²) in [6, 6.07) is 0. The van der Waals surface area contributed by atoms with Gasteiger partial charge in [-0.2, -0.15) is 0 Å². The maximum absolute atomic E-state index is 11.1. The van der Waals surface area contributed by atoms with Gasteiger partial charge in [0, 0.05) is 0 Å². The minimum atomic E-state index is -0.274. The van der Waals surface area contributed by atoms with Gasteiger partial charge in [0.05, 0.1) is 16.8 Å². The van der Waals surface area contributed by atoms with Crippen molar-refractivity contribution < 1.29 is 9.53 Å². The van der Waals surface area contributed by atoms with Crippen molar-refractivity contribution in [3.05, 3.63) is 16.0 Å². The Bertz CT molecular complexity index is 364. The summed E-state index contributed by atoms with van der Waals surface area (Å²) in [5, 5.41) is 0.958. The second-order valence-electron chi connectivity index (χ2n) is 2.38. The molecule has 7 heteroatoms. The van der Waals surface area contributed by atoms with Crippen molar-refractivity contribution in [2.75, 3.05) is 12.4 Å². The van der Waals surface area contributed by atoms with Gasteiger partial charge in [-0.1, -0.05) is 23.4 Å². The van der Waals surface area contributed by atoms with Gasteiger partial charge >= 0.3 is 5.97 Å². The highest BCUT2D eigenvalue weighted by molar-refractivity contribution is 9.10. The van der Waals surface area contributed by atoms with Crippen LogP contribution in [0.4, 0.5) is 0 Å². The number of hydrogen-bond donors (Lipinski definition) is 0. The zero-order valence-corrected chi connectivity index (χ0v) is 11.0. The Kier molecular flexibility index (Phi) is 5.35. The lowest BCUT2D eigenvalue weighted by atomic mass is 10.7. The Morgan fingerprint density at radius 3 is 3.07 bits per heavy atom. The lowest BCUT2D eigenvalue weighted by Gasteiger charge is -2.03. The topological polar surface area (TPSA) is 52.1 Å². The summed E-state index contributed by atoms with van der Waals surface area (Å²) in [6.45, 7) is 2.14. The number of carbonyl (C=O) groups is 1. The summed E-state index contributed by atoms with van der Waals surface area (Å²) in [6.07, 6.45) is 1.35. The molecule has 1 rings (SSSR count). The molecule has 0 aliphatic rings. The Morgan fingerprint density at radius 1 is 1.67 bits per heavy atom. The average molecular weight is 312 g/mol. The molecule has 0 saturated carbocycles. The number of carbonyl (C=O) groups excluding carboxylic acids is 1. The first-order chi connectivity index (χ1) is 7.15. The van der Waals surface area contributed by atoms with Crippen molar-refractivity contribution >= 4 is 45.3 Å². The van der Waals surface area contributed by atoms with E-state index in [1.165, 1.54) is 18.1 Å². The third-order valence-electron chi connectivity index (χ3n) is 1.35. The summed E-state index contributed by atoms with van der Waals surface area (Å²) in [7, 11) is 0. The summed E-state index contributed by atoms with van der Waals surface area (Å²) in [5.41, 5.74) is 0. The van der Waals surface area contributed by atoms with Crippen molar-refractivity contribution in [1.29, 1.82) is 0 Å². The minimum Gasteiger partial charge on any atom is -0.465 e. The van der Waals surface area contributed by atoms with E-state index in [1.54, 1.807) is 6.92 Å². The van der Waals surface area contributed by atoms with Crippen LogP contribution in [0.2, 0.25) is 5.15 Å². The lowest BCUT2D eigenvalue weighted by Crippen LogP contribution is -2.06. The fourth-order valence-corrected chi connectivity index (χ4v) is 2.18. The minimum absolute atomic E-state index is 0.208. The Labute approximate surface area is 105 Å². The summed E-state index contributed by atoms with van der Waals surface area (Å²) >= 11 is 10.3. The zero-order chi connectivity index (χ0) is 11.3. The van der Waals surface area contributed by atoms with Gasteiger partial charge in [0.25, 0.3) is 0 Å². The third kappa shape index (κ3) is 3.96. The molecule has 0 aliphatic carbocycles. The van der Waals surface area contributed by atoms with Crippen molar-refractivity contribution in [3.8, 4) is 0 Å². The highest BCUT2D eigenvalue weighted by Crippen LogP contribution is 2.29. The normalized spacial score (nSPS) is 10.1. The van der Waals surface area contributed by atoms with Crippen molar-refractivity contribution in [2.24, 2.45) is 0 Å². The van der Waals surface area contributed by atoms with Crippen LogP contribution in [-0.4, -0.2) is 28.3 Å². The second-order valence-corrected chi connectivity index (χ2v) is 4.49. The quantitative estimate of drug-likeness (QED) is 0.486. The molecule has 0 atom stereocenters. The molecule has 0 N–H and O–H groups in total. The molecule has 15 heavy (non-hydrogen) atoms. The number of thioether (sulfide) groups is 1. The van der Waals surface area contributed by atoms with Gasteiger partial charge in [-0.15, -0.1) is 0 Å². The van der Waals surface area contributed by atoms with E-state index < -0.39 is 0 Å². The Morgan fingerprint density at radius 2 is 2.40 bits per heavy atom. The molecule has 1 aromatic rings. The zero-order valence-electron chi connectivity index (χ0n) is 7.87. The van der Waals surface area contributed by atoms with Gasteiger partial charge in [-0.3, -0.25) is 4.79 Å². The highest BCUT2D eigenvalue weighted by Gasteiger charge is 2.10. The third-order valence-corrected chi connectivity index (χ3v) is 3.84. The van der Waals surface area contributed by atoms with Gasteiger partial charge < -0.3 is 4.74 Å². The molecule has 0 bridgehead atoms. The van der Waals surface area contributed by atoms with Crippen LogP contribution in [-0.2, 0) is 9.53 Å². The molecule has 0 unspecified atom stereocenters. The van der Waals surface area contributed by atoms with Crippen LogP contribution in [0.1, 0.15) is 6.92 Å². The van der Waals surface area contributed by atoms with E-state index in [9.17, 15) is 4.79 Å². The number of ether oxygens (including phenoxy) is 1. The van der Waals surface area contributed by atoms with E-state index in [0.717, 1.165) is 0 Å². The predicted molar refractivity (Wildman–Crippen MR) is 62.1 cm³/mol. The van der Waals surface area contributed by atoms with Crippen LogP contribution in [0.15, 0.2) is 15.8 Å². The SMILES string of the molecule is CCOC(=O)CSc1ncnc(Cl)c1Br. The van der Waals surface area contributed by atoms with Crippen molar-refractivity contribution in [2.45, 2.75) is 11.9 Å². The Balaban J connectivity index is 2.58. The fraction of sp³-hybridized carbons (Fsp3) is 0.375. The smallest absolute Gasteiger partial charge is 0.316 e. The van der Waals surface area contributed by atoms with Gasteiger partial charge in [0.1, 0.15) is 16.5 Å². The largest absolute Gasteiger partial charge is 0.465 e. The average Bonchev–Trinajstić information content (AvgIpc) is 2.21. The molecule has 82 valence electrons. The molecule has 4 nitrogen and oxygen atoms in total.